The van der Waals surface area contributed by atoms with E-state index in [9.17, 15) is 5.11 Å². The Bertz CT molecular complexity index is 2310. The fourth-order valence-electron chi connectivity index (χ4n) is 7.83. The van der Waals surface area contributed by atoms with Crippen LogP contribution in [0.1, 0.15) is 69.8 Å². The van der Waals surface area contributed by atoms with Crippen LogP contribution in [-0.2, 0) is 11.8 Å². The molecular formula is C52H50N2O. The number of aliphatic hydroxyl groups is 1. The second-order valence-electron chi connectivity index (χ2n) is 13.9. The van der Waals surface area contributed by atoms with E-state index in [1.807, 2.05) is 37.3 Å². The highest BCUT2D eigenvalue weighted by Gasteiger charge is 2.48. The van der Waals surface area contributed by atoms with Gasteiger partial charge in [0.05, 0.1) is 11.7 Å². The quantitative estimate of drug-likeness (QED) is 0.140. The summed E-state index contributed by atoms with van der Waals surface area (Å²) in [5.41, 5.74) is 22.2. The molecule has 8 rings (SSSR count). The normalized spacial score (nSPS) is 18.7. The maximum Gasteiger partial charge on any atom is 0.0894 e. The van der Waals surface area contributed by atoms with Crippen molar-refractivity contribution < 1.29 is 5.11 Å². The molecule has 55 heavy (non-hydrogen) atoms. The topological polar surface area (TPSA) is 58.6 Å². The van der Waals surface area contributed by atoms with Gasteiger partial charge in [-0.2, -0.15) is 0 Å². The van der Waals surface area contributed by atoms with Gasteiger partial charge in [-0.1, -0.05) is 175 Å². The molecule has 3 heteroatoms. The second kappa shape index (κ2) is 18.1. The summed E-state index contributed by atoms with van der Waals surface area (Å²) in [6.07, 6.45) is 21.2. The Kier molecular flexibility index (Phi) is 12.6. The van der Waals surface area contributed by atoms with E-state index in [1.165, 1.54) is 39.7 Å². The van der Waals surface area contributed by atoms with Crippen molar-refractivity contribution in [1.29, 1.82) is 0 Å². The molecule has 1 atom stereocenters. The standard InChI is InChI=1S/C37H33NO.C13H12.C2H5N/c1-3-10-33-32-20-19-30(29-16-9-15-28(22-29)27-14-8-11-25(2)21-27)23-35(32)37(36(33)38)31(24-39)17-6-4-12-26-13-5-7-18-34(26)37;1-3-7-12(8-4-1)11-13-9-5-2-6-10-13;1-3-2/h3-8,10-14,16-24,39H,9,15,38H2,1-2H3;1-10H,11H2;1H2,2H3/b10-3-,12-4-,17-6-,31-24-;;. The number of nitrogens with two attached hydrogens (primary N) is 1. The second-order valence-corrected chi connectivity index (χ2v) is 13.9. The molecule has 5 aromatic rings. The Morgan fingerprint density at radius 2 is 1.45 bits per heavy atom. The van der Waals surface area contributed by atoms with Gasteiger partial charge in [0.25, 0.3) is 0 Å². The highest BCUT2D eigenvalue weighted by atomic mass is 16.2. The summed E-state index contributed by atoms with van der Waals surface area (Å²) in [7, 11) is 1.64. The molecule has 0 amide bonds. The van der Waals surface area contributed by atoms with Gasteiger partial charge in [0.2, 0.25) is 0 Å². The zero-order chi connectivity index (χ0) is 38.6. The number of hydrogen-bond acceptors (Lipinski definition) is 3. The number of aryl methyl sites for hydroxylation is 1. The average Bonchev–Trinajstić information content (AvgIpc) is 3.45. The molecule has 0 heterocycles. The third kappa shape index (κ3) is 8.22. The molecule has 0 aromatic heterocycles. The van der Waals surface area contributed by atoms with Crippen molar-refractivity contribution in [2.75, 3.05) is 7.05 Å². The van der Waals surface area contributed by atoms with Crippen LogP contribution in [0.5, 0.6) is 0 Å². The maximum absolute atomic E-state index is 10.7. The van der Waals surface area contributed by atoms with Crippen molar-refractivity contribution in [2.45, 2.75) is 38.5 Å². The van der Waals surface area contributed by atoms with Crippen LogP contribution in [0.3, 0.4) is 0 Å². The third-order valence-corrected chi connectivity index (χ3v) is 10.3. The first-order valence-corrected chi connectivity index (χ1v) is 18.9. The van der Waals surface area contributed by atoms with Gasteiger partial charge in [-0.15, -0.1) is 0 Å². The molecule has 3 nitrogen and oxygen atoms in total. The molecule has 3 aliphatic carbocycles. The van der Waals surface area contributed by atoms with Crippen LogP contribution in [0.25, 0.3) is 22.8 Å². The van der Waals surface area contributed by atoms with Crippen LogP contribution in [0, 0.1) is 6.92 Å². The lowest BCUT2D eigenvalue weighted by Gasteiger charge is -2.36. The number of allylic oxidation sites excluding steroid dienone is 11. The molecule has 0 aliphatic heterocycles. The Labute approximate surface area is 327 Å². The van der Waals surface area contributed by atoms with Gasteiger partial charge in [-0.3, -0.25) is 0 Å². The van der Waals surface area contributed by atoms with E-state index in [4.69, 9.17) is 5.73 Å². The van der Waals surface area contributed by atoms with E-state index in [0.717, 1.165) is 63.9 Å². The summed E-state index contributed by atoms with van der Waals surface area (Å²) in [5.74, 6) is 0. The first-order valence-electron chi connectivity index (χ1n) is 18.9. The monoisotopic (exact) mass is 718 g/mol. The SMILES string of the molecule is C/C=C\C1=C(N)C2(C(=C\O)/C=C\C=C/c3ccccc32)c2cc(C3=CCCC(c4cccc(C)c4)=C3)ccc21.C=NC.c1ccc(Cc2ccccc2)cc1. The Balaban J connectivity index is 0.000000268. The Morgan fingerprint density at radius 3 is 2.13 bits per heavy atom. The number of benzene rings is 5. The summed E-state index contributed by atoms with van der Waals surface area (Å²) >= 11 is 0. The summed E-state index contributed by atoms with van der Waals surface area (Å²) in [4.78, 5) is 3.25. The highest BCUT2D eigenvalue weighted by molar-refractivity contribution is 5.93. The number of fused-ring (bicyclic) bond motifs is 4. The lowest BCUT2D eigenvalue weighted by Crippen LogP contribution is -2.35. The first kappa shape index (κ1) is 38.3. The van der Waals surface area contributed by atoms with Crippen molar-refractivity contribution in [3.8, 4) is 0 Å². The smallest absolute Gasteiger partial charge is 0.0894 e. The molecule has 0 radical (unpaired) electrons. The number of aliphatic imine (C=N–C) groups is 1. The Morgan fingerprint density at radius 1 is 0.782 bits per heavy atom. The van der Waals surface area contributed by atoms with Gasteiger partial charge in [0.1, 0.15) is 0 Å². The van der Waals surface area contributed by atoms with E-state index < -0.39 is 5.41 Å². The molecule has 1 unspecified atom stereocenters. The summed E-state index contributed by atoms with van der Waals surface area (Å²) in [5, 5.41) is 10.7. The van der Waals surface area contributed by atoms with Gasteiger partial charge in [-0.25, -0.2) is 0 Å². The van der Waals surface area contributed by atoms with Gasteiger partial charge < -0.3 is 15.8 Å². The lowest BCUT2D eigenvalue weighted by molar-refractivity contribution is 0.460. The van der Waals surface area contributed by atoms with Crippen molar-refractivity contribution >= 4 is 29.5 Å². The summed E-state index contributed by atoms with van der Waals surface area (Å²) in [6, 6.07) is 44.9. The number of nitrogens with zero attached hydrogens (tertiary/aromatic N) is 1. The average molecular weight is 719 g/mol. The molecule has 5 aromatic carbocycles. The lowest BCUT2D eigenvalue weighted by atomic mass is 9.66. The van der Waals surface area contributed by atoms with Crippen molar-refractivity contribution in [3.05, 3.63) is 238 Å². The van der Waals surface area contributed by atoms with Gasteiger partial charge in [0, 0.05) is 23.9 Å². The third-order valence-electron chi connectivity index (χ3n) is 10.3. The maximum atomic E-state index is 10.7. The van der Waals surface area contributed by atoms with Crippen molar-refractivity contribution in [2.24, 2.45) is 10.7 Å². The van der Waals surface area contributed by atoms with E-state index in [-0.39, 0.29) is 0 Å². The van der Waals surface area contributed by atoms with Gasteiger partial charge >= 0.3 is 0 Å². The number of hydrogen-bond donors (Lipinski definition) is 2. The fraction of sp³-hybridized carbons (Fsp3) is 0.135. The van der Waals surface area contributed by atoms with Crippen LogP contribution >= 0.6 is 0 Å². The molecule has 0 bridgehead atoms. The molecule has 1 spiro atoms. The zero-order valence-corrected chi connectivity index (χ0v) is 32.1. The largest absolute Gasteiger partial charge is 0.515 e. The molecule has 0 saturated heterocycles. The molecule has 274 valence electrons. The van der Waals surface area contributed by atoms with Crippen LogP contribution in [-0.4, -0.2) is 18.9 Å². The van der Waals surface area contributed by atoms with E-state index in [0.29, 0.717) is 0 Å². The van der Waals surface area contributed by atoms with Gasteiger partial charge in [0.15, 0.2) is 0 Å². The molecular weight excluding hydrogens is 669 g/mol. The minimum atomic E-state index is -0.814. The van der Waals surface area contributed by atoms with Crippen molar-refractivity contribution in [3.63, 3.8) is 0 Å². The van der Waals surface area contributed by atoms with Gasteiger partial charge in [-0.05, 0) is 102 Å². The van der Waals surface area contributed by atoms with Crippen LogP contribution < -0.4 is 5.73 Å². The minimum Gasteiger partial charge on any atom is -0.515 e. The van der Waals surface area contributed by atoms with Crippen LogP contribution in [0.15, 0.2) is 192 Å². The zero-order valence-electron chi connectivity index (χ0n) is 32.1. The highest BCUT2D eigenvalue weighted by Crippen LogP contribution is 2.55. The Hall–Kier alpha value is -6.45. The predicted octanol–water partition coefficient (Wildman–Crippen LogP) is 12.4. The molecule has 0 fully saturated rings. The van der Waals surface area contributed by atoms with Crippen molar-refractivity contribution in [1.82, 2.24) is 0 Å². The minimum absolute atomic E-state index is 0.731. The van der Waals surface area contributed by atoms with Crippen LogP contribution in [0.2, 0.25) is 0 Å². The number of rotatable bonds is 5. The predicted molar refractivity (Wildman–Crippen MR) is 236 cm³/mol. The first-order chi connectivity index (χ1) is 26.9. The number of aliphatic hydroxyl groups excluding tert-OH is 1. The summed E-state index contributed by atoms with van der Waals surface area (Å²) in [6.45, 7) is 7.27. The van der Waals surface area contributed by atoms with E-state index in [2.05, 4.69) is 164 Å². The molecule has 3 aliphatic rings. The van der Waals surface area contributed by atoms with E-state index in [1.54, 1.807) is 7.05 Å². The molecule has 0 saturated carbocycles. The van der Waals surface area contributed by atoms with E-state index >= 15 is 0 Å². The molecule has 3 N–H and O–H groups in total. The fourth-order valence-corrected chi connectivity index (χ4v) is 7.83. The van der Waals surface area contributed by atoms with Crippen LogP contribution in [0.4, 0.5) is 0 Å². The summed E-state index contributed by atoms with van der Waals surface area (Å²) < 4.78 is 0.